The van der Waals surface area contributed by atoms with E-state index in [-0.39, 0.29) is 23.4 Å². The summed E-state index contributed by atoms with van der Waals surface area (Å²) >= 11 is 0. The van der Waals surface area contributed by atoms with Gasteiger partial charge in [0.05, 0.1) is 13.2 Å². The van der Waals surface area contributed by atoms with Crippen molar-refractivity contribution in [1.82, 2.24) is 9.80 Å². The van der Waals surface area contributed by atoms with Crippen molar-refractivity contribution < 1.29 is 23.3 Å². The maximum absolute atomic E-state index is 13.5. The summed E-state index contributed by atoms with van der Waals surface area (Å²) in [6, 6.07) is 7.10. The van der Waals surface area contributed by atoms with Crippen LogP contribution in [0, 0.1) is 15.9 Å². The van der Waals surface area contributed by atoms with E-state index in [2.05, 4.69) is 4.90 Å². The predicted molar refractivity (Wildman–Crippen MR) is 99.2 cm³/mol. The van der Waals surface area contributed by atoms with Gasteiger partial charge in [-0.1, -0.05) is 0 Å². The van der Waals surface area contributed by atoms with Crippen molar-refractivity contribution in [2.75, 3.05) is 33.3 Å². The molecule has 0 radical (unpaired) electrons. The molecule has 0 N–H and O–H groups in total. The zero-order valence-electron chi connectivity index (χ0n) is 15.3. The third-order valence-corrected chi connectivity index (χ3v) is 4.50. The van der Waals surface area contributed by atoms with Crippen LogP contribution in [0.2, 0.25) is 0 Å². The van der Waals surface area contributed by atoms with Gasteiger partial charge in [-0.25, -0.2) is 4.39 Å². The molecule has 0 bridgehead atoms. The van der Waals surface area contributed by atoms with Gasteiger partial charge in [0.15, 0.2) is 0 Å². The maximum Gasteiger partial charge on any atom is 0.433 e. The van der Waals surface area contributed by atoms with Crippen molar-refractivity contribution in [1.29, 1.82) is 0 Å². The second kappa shape index (κ2) is 8.66. The number of hydrogen-bond donors (Lipinski definition) is 0. The van der Waals surface area contributed by atoms with Crippen LogP contribution in [0.15, 0.2) is 40.8 Å². The van der Waals surface area contributed by atoms with Crippen LogP contribution in [0.3, 0.4) is 0 Å². The first-order valence-electron chi connectivity index (χ1n) is 8.72. The normalized spacial score (nSPS) is 15.1. The van der Waals surface area contributed by atoms with Gasteiger partial charge in [-0.2, -0.15) is 0 Å². The number of nitro groups is 1. The Labute approximate surface area is 160 Å². The summed E-state index contributed by atoms with van der Waals surface area (Å²) in [5.74, 6) is 0.00992. The number of amides is 1. The van der Waals surface area contributed by atoms with Crippen LogP contribution < -0.4 is 4.74 Å². The highest BCUT2D eigenvalue weighted by molar-refractivity contribution is 5.91. The first kappa shape index (κ1) is 19.6. The topological polar surface area (TPSA) is 89.1 Å². The highest BCUT2D eigenvalue weighted by Gasteiger charge is 2.21. The summed E-state index contributed by atoms with van der Waals surface area (Å²) in [6.07, 6.45) is 2.76. The molecule has 8 nitrogen and oxygen atoms in total. The van der Waals surface area contributed by atoms with Gasteiger partial charge >= 0.3 is 5.88 Å². The molecule has 0 aliphatic carbocycles. The standard InChI is InChI=1S/C19H20FN3O5/c1-27-17-5-2-15(20)12-14(17)13-21-8-10-22(11-9-21)18(24)6-3-16-4-7-19(28-16)23(25)26/h2-7,12H,8-11,13H2,1H3/b6-3+. The van der Waals surface area contributed by atoms with E-state index in [1.54, 1.807) is 18.1 Å². The van der Waals surface area contributed by atoms with E-state index in [4.69, 9.17) is 9.15 Å². The van der Waals surface area contributed by atoms with Crippen LogP contribution in [0.5, 0.6) is 5.75 Å². The molecule has 1 aromatic heterocycles. The minimum atomic E-state index is -0.633. The number of benzene rings is 1. The predicted octanol–water partition coefficient (Wildman–Crippen LogP) is 2.69. The zero-order chi connectivity index (χ0) is 20.1. The molecule has 0 atom stereocenters. The number of carbonyl (C=O) groups is 1. The Kier molecular flexibility index (Phi) is 6.05. The summed E-state index contributed by atoms with van der Waals surface area (Å²) in [5.41, 5.74) is 0.765. The van der Waals surface area contributed by atoms with E-state index < -0.39 is 4.92 Å². The Balaban J connectivity index is 1.53. The highest BCUT2D eigenvalue weighted by Crippen LogP contribution is 2.22. The molecule has 1 aliphatic heterocycles. The van der Waals surface area contributed by atoms with E-state index in [1.165, 1.54) is 36.4 Å². The fourth-order valence-electron chi connectivity index (χ4n) is 3.03. The first-order chi connectivity index (χ1) is 13.5. The molecule has 0 saturated carbocycles. The van der Waals surface area contributed by atoms with Crippen LogP contribution >= 0.6 is 0 Å². The molecule has 1 saturated heterocycles. The summed E-state index contributed by atoms with van der Waals surface area (Å²) in [7, 11) is 1.55. The lowest BCUT2D eigenvalue weighted by Crippen LogP contribution is -2.47. The van der Waals surface area contributed by atoms with Crippen LogP contribution in [0.1, 0.15) is 11.3 Å². The molecule has 0 unspecified atom stereocenters. The Morgan fingerprint density at radius 2 is 2.04 bits per heavy atom. The lowest BCUT2D eigenvalue weighted by Gasteiger charge is -2.34. The molecular weight excluding hydrogens is 369 g/mol. The molecule has 3 rings (SSSR count). The van der Waals surface area contributed by atoms with Gasteiger partial charge in [0, 0.05) is 44.4 Å². The van der Waals surface area contributed by atoms with Gasteiger partial charge in [-0.15, -0.1) is 0 Å². The summed E-state index contributed by atoms with van der Waals surface area (Å²) < 4.78 is 23.8. The van der Waals surface area contributed by atoms with Gasteiger partial charge in [-0.05, 0) is 30.3 Å². The van der Waals surface area contributed by atoms with Crippen molar-refractivity contribution >= 4 is 17.9 Å². The molecule has 2 aromatic rings. The largest absolute Gasteiger partial charge is 0.496 e. The third-order valence-electron chi connectivity index (χ3n) is 4.50. The Morgan fingerprint density at radius 1 is 1.29 bits per heavy atom. The van der Waals surface area contributed by atoms with E-state index >= 15 is 0 Å². The smallest absolute Gasteiger partial charge is 0.433 e. The molecule has 148 valence electrons. The average Bonchev–Trinajstić information content (AvgIpc) is 3.16. The van der Waals surface area contributed by atoms with Crippen molar-refractivity contribution in [3.63, 3.8) is 0 Å². The molecule has 1 aromatic carbocycles. The van der Waals surface area contributed by atoms with Crippen molar-refractivity contribution in [3.8, 4) is 5.75 Å². The molecule has 1 aliphatic rings. The van der Waals surface area contributed by atoms with Gasteiger partial charge in [0.2, 0.25) is 5.91 Å². The molecule has 0 spiro atoms. The number of methoxy groups -OCH3 is 1. The number of nitrogens with zero attached hydrogens (tertiary/aromatic N) is 3. The summed E-state index contributed by atoms with van der Waals surface area (Å²) in [6.45, 7) is 2.88. The summed E-state index contributed by atoms with van der Waals surface area (Å²) in [5, 5.41) is 10.6. The van der Waals surface area contributed by atoms with Crippen LogP contribution in [0.4, 0.5) is 10.3 Å². The number of hydrogen-bond acceptors (Lipinski definition) is 6. The lowest BCUT2D eigenvalue weighted by atomic mass is 10.1. The minimum absolute atomic E-state index is 0.193. The number of halogens is 1. The SMILES string of the molecule is COc1ccc(F)cc1CN1CCN(C(=O)/C=C/c2ccc([N+](=O)[O-])o2)CC1. The molecule has 1 amide bonds. The monoisotopic (exact) mass is 389 g/mol. The summed E-state index contributed by atoms with van der Waals surface area (Å²) in [4.78, 5) is 26.1. The van der Waals surface area contributed by atoms with Crippen molar-refractivity contribution in [2.45, 2.75) is 6.54 Å². The molecule has 2 heterocycles. The number of ether oxygens (including phenoxy) is 1. The number of piperazine rings is 1. The second-order valence-corrected chi connectivity index (χ2v) is 6.32. The van der Waals surface area contributed by atoms with Gasteiger partial charge in [0.1, 0.15) is 22.3 Å². The maximum atomic E-state index is 13.5. The lowest BCUT2D eigenvalue weighted by molar-refractivity contribution is -0.402. The van der Waals surface area contributed by atoms with E-state index in [1.807, 2.05) is 0 Å². The second-order valence-electron chi connectivity index (χ2n) is 6.32. The van der Waals surface area contributed by atoms with Gasteiger partial charge < -0.3 is 14.1 Å². The van der Waals surface area contributed by atoms with Crippen LogP contribution in [0.25, 0.3) is 6.08 Å². The third kappa shape index (κ3) is 4.74. The molecular formula is C19H20FN3O5. The van der Waals surface area contributed by atoms with Gasteiger partial charge in [-0.3, -0.25) is 19.8 Å². The van der Waals surface area contributed by atoms with E-state index in [9.17, 15) is 19.3 Å². The molecule has 9 heteroatoms. The Morgan fingerprint density at radius 3 is 2.68 bits per heavy atom. The first-order valence-corrected chi connectivity index (χ1v) is 8.72. The quantitative estimate of drug-likeness (QED) is 0.429. The fourth-order valence-corrected chi connectivity index (χ4v) is 3.03. The highest BCUT2D eigenvalue weighted by atomic mass is 19.1. The van der Waals surface area contributed by atoms with E-state index in [0.29, 0.717) is 38.5 Å². The van der Waals surface area contributed by atoms with Crippen LogP contribution in [-0.2, 0) is 11.3 Å². The van der Waals surface area contributed by atoms with Crippen LogP contribution in [-0.4, -0.2) is 53.9 Å². The molecule has 28 heavy (non-hydrogen) atoms. The van der Waals surface area contributed by atoms with E-state index in [0.717, 1.165) is 5.56 Å². The van der Waals surface area contributed by atoms with Crippen molar-refractivity contribution in [2.24, 2.45) is 0 Å². The number of furan rings is 1. The minimum Gasteiger partial charge on any atom is -0.496 e. The zero-order valence-corrected chi connectivity index (χ0v) is 15.3. The Hall–Kier alpha value is -3.20. The number of rotatable bonds is 6. The average molecular weight is 389 g/mol. The fraction of sp³-hybridized carbons (Fsp3) is 0.316. The van der Waals surface area contributed by atoms with Gasteiger partial charge in [0.25, 0.3) is 0 Å². The molecule has 1 fully saturated rings. The Bertz CT molecular complexity index is 887. The van der Waals surface area contributed by atoms with Crippen molar-refractivity contribution in [3.05, 3.63) is 63.7 Å². The number of carbonyl (C=O) groups excluding carboxylic acids is 1.